The number of hydrogen-bond donors (Lipinski definition) is 2. The molecule has 0 unspecified atom stereocenters. The molecule has 20 heavy (non-hydrogen) atoms. The highest BCUT2D eigenvalue weighted by Gasteiger charge is 2.15. The molecule has 0 bridgehead atoms. The standard InChI is InChI=1S/C14H11F3N2O/c15-10-5-11(16)13(12(17)6-10)19-14(20)9-3-1-2-8(4-9)7-18/h1-6H,7,18H2,(H,19,20). The molecule has 104 valence electrons. The Balaban J connectivity index is 2.28. The summed E-state index contributed by atoms with van der Waals surface area (Å²) in [6, 6.07) is 7.30. The summed E-state index contributed by atoms with van der Waals surface area (Å²) < 4.78 is 39.6. The molecule has 3 N–H and O–H groups in total. The maximum Gasteiger partial charge on any atom is 0.255 e. The van der Waals surface area contributed by atoms with Crippen LogP contribution in [0.15, 0.2) is 36.4 Å². The van der Waals surface area contributed by atoms with Crippen LogP contribution in [0.5, 0.6) is 0 Å². The van der Waals surface area contributed by atoms with Crippen molar-refractivity contribution in [2.75, 3.05) is 5.32 Å². The third kappa shape index (κ3) is 2.97. The van der Waals surface area contributed by atoms with Crippen LogP contribution in [-0.4, -0.2) is 5.91 Å². The summed E-state index contributed by atoms with van der Waals surface area (Å²) in [5.74, 6) is -4.11. The molecular formula is C14H11F3N2O. The van der Waals surface area contributed by atoms with Gasteiger partial charge >= 0.3 is 0 Å². The first-order valence-corrected chi connectivity index (χ1v) is 5.76. The molecule has 0 fully saturated rings. The lowest BCUT2D eigenvalue weighted by Crippen LogP contribution is -2.15. The largest absolute Gasteiger partial charge is 0.326 e. The summed E-state index contributed by atoms with van der Waals surface area (Å²) in [6.45, 7) is 0.236. The predicted octanol–water partition coefficient (Wildman–Crippen LogP) is 2.81. The molecule has 0 spiro atoms. The number of carbonyl (C=O) groups is 1. The van der Waals surface area contributed by atoms with Crippen LogP contribution in [0.4, 0.5) is 18.9 Å². The van der Waals surface area contributed by atoms with E-state index in [-0.39, 0.29) is 12.1 Å². The predicted molar refractivity (Wildman–Crippen MR) is 68.6 cm³/mol. The highest BCUT2D eigenvalue weighted by Crippen LogP contribution is 2.21. The van der Waals surface area contributed by atoms with Crippen LogP contribution in [-0.2, 0) is 6.54 Å². The van der Waals surface area contributed by atoms with Crippen molar-refractivity contribution in [2.24, 2.45) is 5.73 Å². The van der Waals surface area contributed by atoms with Crippen LogP contribution in [0.2, 0.25) is 0 Å². The number of hydrogen-bond acceptors (Lipinski definition) is 2. The van der Waals surface area contributed by atoms with Gasteiger partial charge in [-0.15, -0.1) is 0 Å². The van der Waals surface area contributed by atoms with Gasteiger partial charge in [0.2, 0.25) is 0 Å². The van der Waals surface area contributed by atoms with Gasteiger partial charge in [0.05, 0.1) is 0 Å². The second-order valence-electron chi connectivity index (χ2n) is 4.10. The van der Waals surface area contributed by atoms with Crippen LogP contribution in [0, 0.1) is 17.5 Å². The first kappa shape index (κ1) is 14.1. The molecule has 0 atom stereocenters. The molecular weight excluding hydrogens is 269 g/mol. The molecule has 2 aromatic carbocycles. The van der Waals surface area contributed by atoms with Crippen molar-refractivity contribution in [2.45, 2.75) is 6.54 Å². The molecule has 0 heterocycles. The number of amides is 1. The van der Waals surface area contributed by atoms with Crippen molar-refractivity contribution in [3.05, 3.63) is 65.0 Å². The van der Waals surface area contributed by atoms with Gasteiger partial charge in [0, 0.05) is 24.2 Å². The molecule has 0 saturated carbocycles. The monoisotopic (exact) mass is 280 g/mol. The van der Waals surface area contributed by atoms with Gasteiger partial charge in [-0.2, -0.15) is 0 Å². The average Bonchev–Trinajstić information content (AvgIpc) is 2.42. The second-order valence-corrected chi connectivity index (χ2v) is 4.10. The molecule has 0 radical (unpaired) electrons. The molecule has 6 heteroatoms. The highest BCUT2D eigenvalue weighted by molar-refractivity contribution is 6.04. The molecule has 0 aliphatic rings. The van der Waals surface area contributed by atoms with Crippen molar-refractivity contribution in [1.29, 1.82) is 0 Å². The van der Waals surface area contributed by atoms with E-state index >= 15 is 0 Å². The minimum absolute atomic E-state index is 0.205. The summed E-state index contributed by atoms with van der Waals surface area (Å²) in [7, 11) is 0. The normalized spacial score (nSPS) is 10.4. The number of anilines is 1. The lowest BCUT2D eigenvalue weighted by atomic mass is 10.1. The minimum Gasteiger partial charge on any atom is -0.326 e. The molecule has 0 saturated heterocycles. The SMILES string of the molecule is NCc1cccc(C(=O)Nc2c(F)cc(F)cc2F)c1. The van der Waals surface area contributed by atoms with Gasteiger partial charge in [-0.05, 0) is 17.7 Å². The number of nitrogens with one attached hydrogen (secondary N) is 1. The van der Waals surface area contributed by atoms with Crippen LogP contribution in [0.1, 0.15) is 15.9 Å². The summed E-state index contributed by atoms with van der Waals surface area (Å²) in [4.78, 5) is 11.9. The van der Waals surface area contributed by atoms with E-state index in [1.165, 1.54) is 12.1 Å². The smallest absolute Gasteiger partial charge is 0.255 e. The lowest BCUT2D eigenvalue weighted by molar-refractivity contribution is 0.102. The van der Waals surface area contributed by atoms with Gasteiger partial charge in [0.15, 0.2) is 11.6 Å². The quantitative estimate of drug-likeness (QED) is 0.908. The van der Waals surface area contributed by atoms with Gasteiger partial charge < -0.3 is 11.1 Å². The van der Waals surface area contributed by atoms with Gasteiger partial charge in [0.25, 0.3) is 5.91 Å². The minimum atomic E-state index is -1.18. The highest BCUT2D eigenvalue weighted by atomic mass is 19.1. The third-order valence-electron chi connectivity index (χ3n) is 2.67. The zero-order valence-corrected chi connectivity index (χ0v) is 10.3. The fraction of sp³-hybridized carbons (Fsp3) is 0.0714. The second kappa shape index (κ2) is 5.75. The zero-order chi connectivity index (χ0) is 14.7. The fourth-order valence-electron chi connectivity index (χ4n) is 1.69. The van der Waals surface area contributed by atoms with Gasteiger partial charge in [-0.1, -0.05) is 12.1 Å². The fourth-order valence-corrected chi connectivity index (χ4v) is 1.69. The Morgan fingerprint density at radius 1 is 1.10 bits per heavy atom. The molecule has 0 aromatic heterocycles. The van der Waals surface area contributed by atoms with E-state index in [1.54, 1.807) is 12.1 Å². The van der Waals surface area contributed by atoms with Crippen LogP contribution < -0.4 is 11.1 Å². The molecule has 3 nitrogen and oxygen atoms in total. The molecule has 2 rings (SSSR count). The summed E-state index contributed by atoms with van der Waals surface area (Å²) in [5.41, 5.74) is 5.67. The van der Waals surface area contributed by atoms with Gasteiger partial charge in [-0.3, -0.25) is 4.79 Å². The van der Waals surface area contributed by atoms with Gasteiger partial charge in [0.1, 0.15) is 11.5 Å². The topological polar surface area (TPSA) is 55.1 Å². The summed E-state index contributed by atoms with van der Waals surface area (Å²) in [6.07, 6.45) is 0. The lowest BCUT2D eigenvalue weighted by Gasteiger charge is -2.08. The van der Waals surface area contributed by atoms with Crippen LogP contribution in [0.25, 0.3) is 0 Å². The van der Waals surface area contributed by atoms with Crippen molar-refractivity contribution >= 4 is 11.6 Å². The Kier molecular flexibility index (Phi) is 4.05. The Morgan fingerprint density at radius 3 is 2.35 bits per heavy atom. The first-order valence-electron chi connectivity index (χ1n) is 5.76. The van der Waals surface area contributed by atoms with Crippen molar-refractivity contribution in [3.8, 4) is 0 Å². The average molecular weight is 280 g/mol. The number of benzene rings is 2. The van der Waals surface area contributed by atoms with E-state index in [9.17, 15) is 18.0 Å². The maximum atomic E-state index is 13.4. The Labute approximate surface area is 113 Å². The van der Waals surface area contributed by atoms with E-state index in [1.807, 2.05) is 0 Å². The van der Waals surface area contributed by atoms with Crippen LogP contribution >= 0.6 is 0 Å². The van der Waals surface area contributed by atoms with E-state index in [0.29, 0.717) is 17.7 Å². The number of rotatable bonds is 3. The first-order chi connectivity index (χ1) is 9.51. The summed E-state index contributed by atoms with van der Waals surface area (Å²) >= 11 is 0. The van der Waals surface area contributed by atoms with E-state index in [4.69, 9.17) is 5.73 Å². The molecule has 1 amide bonds. The van der Waals surface area contributed by atoms with E-state index in [2.05, 4.69) is 5.32 Å². The van der Waals surface area contributed by atoms with Crippen LogP contribution in [0.3, 0.4) is 0 Å². The number of nitrogens with two attached hydrogens (primary N) is 1. The van der Waals surface area contributed by atoms with Gasteiger partial charge in [-0.25, -0.2) is 13.2 Å². The van der Waals surface area contributed by atoms with E-state index < -0.39 is 29.0 Å². The Bertz CT molecular complexity index is 636. The summed E-state index contributed by atoms with van der Waals surface area (Å²) in [5, 5.41) is 2.08. The van der Waals surface area contributed by atoms with Crippen molar-refractivity contribution < 1.29 is 18.0 Å². The Morgan fingerprint density at radius 2 is 1.75 bits per heavy atom. The van der Waals surface area contributed by atoms with E-state index in [0.717, 1.165) is 0 Å². The van der Waals surface area contributed by atoms with Crippen molar-refractivity contribution in [3.63, 3.8) is 0 Å². The van der Waals surface area contributed by atoms with Crippen molar-refractivity contribution in [1.82, 2.24) is 0 Å². The number of carbonyl (C=O) groups excluding carboxylic acids is 1. The number of halogens is 3. The zero-order valence-electron chi connectivity index (χ0n) is 10.3. The Hall–Kier alpha value is -2.34. The molecule has 2 aromatic rings. The molecule has 0 aliphatic carbocycles. The molecule has 0 aliphatic heterocycles. The maximum absolute atomic E-state index is 13.4. The third-order valence-corrected chi connectivity index (χ3v) is 2.67.